The summed E-state index contributed by atoms with van der Waals surface area (Å²) in [7, 11) is -4.46. The lowest BCUT2D eigenvalue weighted by Crippen LogP contribution is -2.59. The summed E-state index contributed by atoms with van der Waals surface area (Å²) in [5.41, 5.74) is -2.80. The molecule has 1 aliphatic heterocycles. The number of nitrogens with zero attached hydrogens (tertiary/aromatic N) is 2. The maximum Gasteiger partial charge on any atom is 0.408 e. The Labute approximate surface area is 315 Å². The minimum atomic E-state index is -4.46. The smallest absolute Gasteiger partial charge is 0.408 e. The lowest BCUT2D eigenvalue weighted by molar-refractivity contribution is -0.142. The molecule has 3 fully saturated rings. The van der Waals surface area contributed by atoms with Crippen molar-refractivity contribution in [1.29, 1.82) is 0 Å². The number of hydrogen-bond donors (Lipinski definition) is 3. The van der Waals surface area contributed by atoms with Crippen LogP contribution in [0, 0.1) is 11.8 Å². The number of para-hydroxylation sites is 1. The molecule has 53 heavy (non-hydrogen) atoms. The third kappa shape index (κ3) is 9.44. The summed E-state index contributed by atoms with van der Waals surface area (Å²) >= 11 is 6.48. The maximum atomic E-state index is 14.4. The first-order valence-corrected chi connectivity index (χ1v) is 19.8. The number of aromatic nitrogens is 1. The van der Waals surface area contributed by atoms with Gasteiger partial charge in [0, 0.05) is 17.9 Å². The number of halogens is 1. The number of fused-ring (bicyclic) bond motifs is 1. The number of hydrogen-bond acceptors (Lipinski definition) is 11. The van der Waals surface area contributed by atoms with Crippen molar-refractivity contribution in [3.05, 3.63) is 29.3 Å². The Bertz CT molecular complexity index is 1860. The SMILES string of the molecule is CCOc1cc(O[C@@H]2C[C@@H](C(=O)N[C@]3(C(=O)NS(=O)(=O)OC4(C)CC4)C[C@H]3CC)N(C(=O)[C@@H](NC(=O)OC(C)(C)C)C(C)C)C2)c2cccc(Cl)c2n1. The van der Waals surface area contributed by atoms with E-state index < -0.39 is 75.0 Å². The molecule has 292 valence electrons. The highest BCUT2D eigenvalue weighted by Crippen LogP contribution is 2.47. The Morgan fingerprint density at radius 1 is 1.13 bits per heavy atom. The van der Waals surface area contributed by atoms with Gasteiger partial charge in [0.15, 0.2) is 0 Å². The first-order valence-electron chi connectivity index (χ1n) is 18.0. The molecule has 3 N–H and O–H groups in total. The van der Waals surface area contributed by atoms with Gasteiger partial charge in [0.05, 0.1) is 29.3 Å². The Hall–Kier alpha value is -3.89. The summed E-state index contributed by atoms with van der Waals surface area (Å²) < 4.78 is 50.3. The van der Waals surface area contributed by atoms with Crippen molar-refractivity contribution < 1.29 is 46.0 Å². The Morgan fingerprint density at radius 3 is 2.42 bits per heavy atom. The van der Waals surface area contributed by atoms with Gasteiger partial charge in [-0.15, -0.1) is 0 Å². The van der Waals surface area contributed by atoms with Crippen molar-refractivity contribution in [3.63, 3.8) is 0 Å². The molecule has 1 saturated heterocycles. The summed E-state index contributed by atoms with van der Waals surface area (Å²) in [5.74, 6) is -2.30. The molecule has 0 spiro atoms. The molecule has 2 aromatic rings. The van der Waals surface area contributed by atoms with Gasteiger partial charge in [-0.2, -0.15) is 8.42 Å². The van der Waals surface area contributed by atoms with Gasteiger partial charge in [0.25, 0.3) is 5.91 Å². The number of amides is 4. The van der Waals surface area contributed by atoms with Crippen LogP contribution in [-0.2, 0) is 33.6 Å². The number of benzene rings is 1. The standard InChI is InChI=1S/C36H50ClN5O10S/c1-9-21-18-36(21,32(45)41-53(47,48)52-35(8)14-15-35)40-30(43)25-16-22(19-42(25)31(44)28(20(3)4)39-33(46)51-34(5,6)7)50-26-17-27(49-10-2)38-29-23(26)12-11-13-24(29)37/h11-13,17,20-22,25,28H,9-10,14-16,18-19H2,1-8H3,(H,39,46)(H,40,43)(H,41,45)/t21-,22-,25+,28+,36-/m1/s1. The number of ether oxygens (including phenoxy) is 3. The van der Waals surface area contributed by atoms with Crippen molar-refractivity contribution in [2.45, 2.75) is 122 Å². The van der Waals surface area contributed by atoms with E-state index in [1.165, 1.54) is 4.90 Å². The van der Waals surface area contributed by atoms with Crippen LogP contribution in [0.2, 0.25) is 5.02 Å². The van der Waals surface area contributed by atoms with E-state index in [9.17, 15) is 27.6 Å². The average Bonchev–Trinajstić information content (AvgIpc) is 3.91. The van der Waals surface area contributed by atoms with Crippen molar-refractivity contribution in [3.8, 4) is 11.6 Å². The van der Waals surface area contributed by atoms with Crippen LogP contribution in [0.1, 0.15) is 87.5 Å². The Balaban J connectivity index is 1.44. The highest BCUT2D eigenvalue weighted by Gasteiger charge is 2.62. The second-order valence-electron chi connectivity index (χ2n) is 15.6. The van der Waals surface area contributed by atoms with Gasteiger partial charge in [-0.3, -0.25) is 14.4 Å². The highest BCUT2D eigenvalue weighted by molar-refractivity contribution is 7.85. The summed E-state index contributed by atoms with van der Waals surface area (Å²) in [4.78, 5) is 60.9. The summed E-state index contributed by atoms with van der Waals surface area (Å²) in [6, 6.07) is 4.57. The van der Waals surface area contributed by atoms with Crippen molar-refractivity contribution >= 4 is 56.6 Å². The van der Waals surface area contributed by atoms with Gasteiger partial charge in [0.1, 0.15) is 35.1 Å². The molecule has 15 nitrogen and oxygen atoms in total. The van der Waals surface area contributed by atoms with Crippen molar-refractivity contribution in [1.82, 2.24) is 25.2 Å². The molecule has 2 heterocycles. The number of pyridine rings is 1. The zero-order chi connectivity index (χ0) is 39.1. The number of rotatable bonds is 14. The van der Waals surface area contributed by atoms with Gasteiger partial charge < -0.3 is 29.7 Å². The van der Waals surface area contributed by atoms with Crippen molar-refractivity contribution in [2.24, 2.45) is 11.8 Å². The van der Waals surface area contributed by atoms with E-state index in [1.807, 2.05) is 18.6 Å². The van der Waals surface area contributed by atoms with Crippen LogP contribution in [-0.4, -0.2) is 90.2 Å². The molecule has 1 aromatic heterocycles. The van der Waals surface area contributed by atoms with Crippen LogP contribution in [0.5, 0.6) is 11.6 Å². The zero-order valence-electron chi connectivity index (χ0n) is 31.4. The third-order valence-corrected chi connectivity index (χ3v) is 11.0. The molecule has 17 heteroatoms. The second-order valence-corrected chi connectivity index (χ2v) is 17.3. The van der Waals surface area contributed by atoms with E-state index in [4.69, 9.17) is 30.0 Å². The summed E-state index contributed by atoms with van der Waals surface area (Å²) in [5, 5.41) is 6.42. The molecule has 0 bridgehead atoms. The predicted molar refractivity (Wildman–Crippen MR) is 196 cm³/mol. The van der Waals surface area contributed by atoms with Crippen LogP contribution in [0.25, 0.3) is 10.9 Å². The third-order valence-electron chi connectivity index (χ3n) is 9.60. The lowest BCUT2D eigenvalue weighted by atomic mass is 10.0. The normalized spacial score (nSPS) is 24.0. The van der Waals surface area contributed by atoms with E-state index in [0.29, 0.717) is 47.5 Å². The van der Waals surface area contributed by atoms with Crippen LogP contribution < -0.4 is 24.8 Å². The molecule has 0 unspecified atom stereocenters. The second kappa shape index (κ2) is 15.1. The molecule has 2 saturated carbocycles. The largest absolute Gasteiger partial charge is 0.488 e. The monoisotopic (exact) mass is 779 g/mol. The van der Waals surface area contributed by atoms with Gasteiger partial charge >= 0.3 is 16.4 Å². The first-order chi connectivity index (χ1) is 24.7. The van der Waals surface area contributed by atoms with Crippen LogP contribution in [0.3, 0.4) is 0 Å². The number of carbonyl (C=O) groups excluding carboxylic acids is 4. The van der Waals surface area contributed by atoms with Crippen LogP contribution in [0.4, 0.5) is 4.79 Å². The van der Waals surface area contributed by atoms with Gasteiger partial charge in [-0.25, -0.2) is 18.7 Å². The molecule has 5 atom stereocenters. The fourth-order valence-corrected chi connectivity index (χ4v) is 7.89. The van der Waals surface area contributed by atoms with E-state index in [1.54, 1.807) is 65.8 Å². The van der Waals surface area contributed by atoms with E-state index in [0.717, 1.165) is 0 Å². The number of nitrogens with one attached hydrogen (secondary N) is 3. The molecule has 4 amide bonds. The van der Waals surface area contributed by atoms with Gasteiger partial charge in [-0.1, -0.05) is 44.9 Å². The molecule has 2 aliphatic carbocycles. The summed E-state index contributed by atoms with van der Waals surface area (Å²) in [6.45, 7) is 14.1. The quantitative estimate of drug-likeness (QED) is 0.246. The van der Waals surface area contributed by atoms with Crippen LogP contribution >= 0.6 is 11.6 Å². The maximum absolute atomic E-state index is 14.4. The molecular formula is C36H50ClN5O10S. The molecule has 5 rings (SSSR count). The number of carbonyl (C=O) groups is 4. The fraction of sp³-hybridized carbons (Fsp3) is 0.639. The topological polar surface area (TPSA) is 192 Å². The van der Waals surface area contributed by atoms with Gasteiger partial charge in [0.2, 0.25) is 17.7 Å². The van der Waals surface area contributed by atoms with Gasteiger partial charge in [-0.05, 0) is 77.8 Å². The minimum Gasteiger partial charge on any atom is -0.488 e. The number of likely N-dealkylation sites (tertiary alicyclic amines) is 1. The molecule has 1 aromatic carbocycles. The highest BCUT2D eigenvalue weighted by atomic mass is 35.5. The predicted octanol–water partition coefficient (Wildman–Crippen LogP) is 4.40. The lowest BCUT2D eigenvalue weighted by Gasteiger charge is -2.31. The molecule has 0 radical (unpaired) electrons. The number of alkyl carbamates (subject to hydrolysis) is 1. The van der Waals surface area contributed by atoms with E-state index in [2.05, 4.69) is 15.6 Å². The zero-order valence-corrected chi connectivity index (χ0v) is 33.0. The Kier molecular flexibility index (Phi) is 11.5. The fourth-order valence-electron chi connectivity index (χ4n) is 6.52. The average molecular weight is 780 g/mol. The van der Waals surface area contributed by atoms with E-state index in [-0.39, 0.29) is 31.2 Å². The summed E-state index contributed by atoms with van der Waals surface area (Å²) in [6.07, 6.45) is 0.175. The molecule has 3 aliphatic rings. The van der Waals surface area contributed by atoms with Crippen LogP contribution in [0.15, 0.2) is 24.3 Å². The first kappa shape index (κ1) is 40.3. The van der Waals surface area contributed by atoms with Crippen molar-refractivity contribution in [2.75, 3.05) is 13.2 Å². The molecular weight excluding hydrogens is 730 g/mol. The van der Waals surface area contributed by atoms with E-state index >= 15 is 0 Å². The minimum absolute atomic E-state index is 0.00255. The Morgan fingerprint density at radius 2 is 1.83 bits per heavy atom.